The zero-order valence-corrected chi connectivity index (χ0v) is 46.9. The molecular formula is C59H111N2O7P. The Morgan fingerprint density at radius 2 is 0.928 bits per heavy atom. The molecule has 0 saturated heterocycles. The van der Waals surface area contributed by atoms with E-state index in [4.69, 9.17) is 13.8 Å². The number of phosphoric ester groups is 1. The number of phosphoric acid groups is 1. The number of hydrogen-bond donors (Lipinski definition) is 1. The van der Waals surface area contributed by atoms with Gasteiger partial charge >= 0.3 is 5.97 Å². The summed E-state index contributed by atoms with van der Waals surface area (Å²) >= 11 is 0. The van der Waals surface area contributed by atoms with Gasteiger partial charge in [0.25, 0.3) is 7.82 Å². The number of allylic oxidation sites excluding steroid dienone is 7. The lowest BCUT2D eigenvalue weighted by Crippen LogP contribution is -2.47. The Morgan fingerprint density at radius 3 is 1.39 bits per heavy atom. The summed E-state index contributed by atoms with van der Waals surface area (Å²) in [5.41, 5.74) is 0. The molecule has 0 bridgehead atoms. The van der Waals surface area contributed by atoms with E-state index in [1.54, 1.807) is 0 Å². The van der Waals surface area contributed by atoms with Crippen molar-refractivity contribution in [3.8, 4) is 0 Å². The number of carbonyl (C=O) groups excluding carboxylic acids is 2. The second-order valence-electron chi connectivity index (χ2n) is 20.8. The van der Waals surface area contributed by atoms with E-state index in [0.717, 1.165) is 103 Å². The molecule has 9 nitrogen and oxygen atoms in total. The molecule has 0 spiro atoms. The summed E-state index contributed by atoms with van der Waals surface area (Å²) in [6.07, 6.45) is 59.3. The zero-order chi connectivity index (χ0) is 50.8. The highest BCUT2D eigenvalue weighted by atomic mass is 31.2. The van der Waals surface area contributed by atoms with Gasteiger partial charge in [0.05, 0.1) is 33.8 Å². The Kier molecular flexibility index (Phi) is 48.1. The minimum atomic E-state index is -4.70. The smallest absolute Gasteiger partial charge is 0.306 e. The van der Waals surface area contributed by atoms with Crippen LogP contribution < -0.4 is 10.2 Å². The second kappa shape index (κ2) is 49.5. The average molecular weight is 992 g/mol. The molecule has 69 heavy (non-hydrogen) atoms. The Morgan fingerprint density at radius 1 is 0.522 bits per heavy atom. The van der Waals surface area contributed by atoms with E-state index in [1.165, 1.54) is 128 Å². The molecule has 0 saturated carbocycles. The van der Waals surface area contributed by atoms with Crippen molar-refractivity contribution in [3.63, 3.8) is 0 Å². The predicted octanol–water partition coefficient (Wildman–Crippen LogP) is 16.7. The monoisotopic (exact) mass is 991 g/mol. The van der Waals surface area contributed by atoms with Crippen molar-refractivity contribution in [3.05, 3.63) is 48.6 Å². The normalized spacial score (nSPS) is 14.1. The molecule has 0 aromatic heterocycles. The molecule has 10 heteroatoms. The van der Waals surface area contributed by atoms with Gasteiger partial charge in [-0.2, -0.15) is 0 Å². The Balaban J connectivity index is 5.38. The maximum atomic E-state index is 13.5. The van der Waals surface area contributed by atoms with E-state index in [1.807, 2.05) is 33.3 Å². The van der Waals surface area contributed by atoms with Crippen LogP contribution in [-0.2, 0) is 27.9 Å². The molecule has 0 rings (SSSR count). The number of nitrogens with zero attached hydrogens (tertiary/aromatic N) is 1. The fraction of sp³-hybridized carbons (Fsp3) is 0.831. The van der Waals surface area contributed by atoms with Crippen LogP contribution in [0.15, 0.2) is 48.6 Å². The highest BCUT2D eigenvalue weighted by Crippen LogP contribution is 2.38. The topological polar surface area (TPSA) is 114 Å². The third-order valence-corrected chi connectivity index (χ3v) is 13.7. The molecule has 0 heterocycles. The number of carbonyl (C=O) groups is 2. The van der Waals surface area contributed by atoms with Crippen molar-refractivity contribution >= 4 is 19.7 Å². The second-order valence-corrected chi connectivity index (χ2v) is 22.2. The molecule has 404 valence electrons. The number of rotatable bonds is 52. The van der Waals surface area contributed by atoms with Gasteiger partial charge in [0.2, 0.25) is 5.91 Å². The standard InChI is InChI=1S/C59H111N2O7P/c1-7-10-13-16-19-22-25-28-30-31-33-36-39-42-45-48-51-58(62)60-56(55-67-69(64,65)66-54-53-61(4,5)6)57(50-47-44-41-38-35-32-27-24-21-18-15-12-9-3)68-59(63)52-49-46-43-40-37-34-29-26-23-20-17-14-11-8-2/h11,14,20,23,30-31,47,50,56-57H,7-10,12-13,15-19,21-22,24-29,32-46,48-49,51-55H2,1-6H3,(H-,60,62,64,65)/b14-11+,23-20+,31-30+,50-47+. The number of likely N-dealkylation sites (N-methyl/N-ethyl adjacent to an activating group) is 1. The highest BCUT2D eigenvalue weighted by Gasteiger charge is 2.27. The van der Waals surface area contributed by atoms with E-state index < -0.39 is 26.6 Å². The highest BCUT2D eigenvalue weighted by molar-refractivity contribution is 7.45. The third kappa shape index (κ3) is 50.7. The number of hydrogen-bond acceptors (Lipinski definition) is 7. The van der Waals surface area contributed by atoms with Crippen LogP contribution in [0, 0.1) is 0 Å². The van der Waals surface area contributed by atoms with Crippen LogP contribution >= 0.6 is 7.82 Å². The van der Waals surface area contributed by atoms with Crippen molar-refractivity contribution < 1.29 is 37.3 Å². The minimum Gasteiger partial charge on any atom is -0.756 e. The number of unbranched alkanes of at least 4 members (excludes halogenated alkanes) is 30. The lowest BCUT2D eigenvalue weighted by Gasteiger charge is -2.30. The van der Waals surface area contributed by atoms with Gasteiger partial charge in [-0.05, 0) is 83.1 Å². The van der Waals surface area contributed by atoms with Crippen molar-refractivity contribution in [2.24, 2.45) is 0 Å². The molecule has 0 aromatic rings. The summed E-state index contributed by atoms with van der Waals surface area (Å²) in [7, 11) is 1.18. The fourth-order valence-electron chi connectivity index (χ4n) is 8.26. The maximum Gasteiger partial charge on any atom is 0.306 e. The van der Waals surface area contributed by atoms with Crippen LogP contribution in [0.4, 0.5) is 0 Å². The van der Waals surface area contributed by atoms with Crippen LogP contribution in [0.25, 0.3) is 0 Å². The summed E-state index contributed by atoms with van der Waals surface area (Å²) < 4.78 is 30.2. The van der Waals surface area contributed by atoms with Gasteiger partial charge in [0.15, 0.2) is 0 Å². The van der Waals surface area contributed by atoms with Crippen LogP contribution in [0.1, 0.15) is 265 Å². The van der Waals surface area contributed by atoms with Gasteiger partial charge in [-0.3, -0.25) is 14.2 Å². The molecule has 0 aliphatic heterocycles. The van der Waals surface area contributed by atoms with Gasteiger partial charge in [-0.1, -0.05) is 217 Å². The summed E-state index contributed by atoms with van der Waals surface area (Å²) in [4.78, 5) is 39.8. The van der Waals surface area contributed by atoms with Gasteiger partial charge in [0.1, 0.15) is 19.3 Å². The number of quaternary nitrogens is 1. The van der Waals surface area contributed by atoms with Gasteiger partial charge < -0.3 is 28.5 Å². The quantitative estimate of drug-likeness (QED) is 0.0212. The molecule has 0 aromatic carbocycles. The van der Waals surface area contributed by atoms with E-state index in [2.05, 4.69) is 62.5 Å². The summed E-state index contributed by atoms with van der Waals surface area (Å²) in [6, 6.07) is -0.894. The van der Waals surface area contributed by atoms with Crippen LogP contribution in [0.2, 0.25) is 0 Å². The third-order valence-electron chi connectivity index (χ3n) is 12.7. The first-order chi connectivity index (χ1) is 33.4. The van der Waals surface area contributed by atoms with Crippen LogP contribution in [0.3, 0.4) is 0 Å². The van der Waals surface area contributed by atoms with Crippen LogP contribution in [-0.4, -0.2) is 69.4 Å². The molecular weight excluding hydrogens is 880 g/mol. The molecule has 0 aliphatic rings. The van der Waals surface area contributed by atoms with Gasteiger partial charge in [-0.25, -0.2) is 0 Å². The molecule has 0 aliphatic carbocycles. The van der Waals surface area contributed by atoms with E-state index in [9.17, 15) is 19.0 Å². The molecule has 1 amide bonds. The summed E-state index contributed by atoms with van der Waals surface area (Å²) in [5, 5.41) is 3.02. The molecule has 0 fully saturated rings. The van der Waals surface area contributed by atoms with Crippen molar-refractivity contribution in [1.29, 1.82) is 0 Å². The Hall–Kier alpha value is -2.03. The Labute approximate surface area is 427 Å². The van der Waals surface area contributed by atoms with Crippen LogP contribution in [0.5, 0.6) is 0 Å². The van der Waals surface area contributed by atoms with Gasteiger partial charge in [0, 0.05) is 12.8 Å². The van der Waals surface area contributed by atoms with Gasteiger partial charge in [-0.15, -0.1) is 0 Å². The minimum absolute atomic E-state index is 0.0251. The molecule has 3 unspecified atom stereocenters. The molecule has 1 N–H and O–H groups in total. The first-order valence-corrected chi connectivity index (χ1v) is 30.4. The lowest BCUT2D eigenvalue weighted by atomic mass is 10.0. The SMILES string of the molecule is CC/C=C/C/C=C/CCCCCCCCCC(=O)OC(/C=C/CCCCCCCCCCCCC)C(COP(=O)([O-])OCC[N+](C)(C)C)NC(=O)CCCCCCC/C=C/CCCCCCCCC. The largest absolute Gasteiger partial charge is 0.756 e. The number of esters is 1. The first-order valence-electron chi connectivity index (χ1n) is 28.9. The van der Waals surface area contributed by atoms with Crippen molar-refractivity contribution in [2.75, 3.05) is 40.9 Å². The lowest BCUT2D eigenvalue weighted by molar-refractivity contribution is -0.870. The number of ether oxygens (including phenoxy) is 1. The number of nitrogens with one attached hydrogen (secondary N) is 1. The predicted molar refractivity (Wildman–Crippen MR) is 293 cm³/mol. The van der Waals surface area contributed by atoms with Crippen molar-refractivity contribution in [2.45, 2.75) is 277 Å². The summed E-state index contributed by atoms with van der Waals surface area (Å²) in [5.74, 6) is -0.556. The van der Waals surface area contributed by atoms with E-state index in [-0.39, 0.29) is 24.9 Å². The first kappa shape index (κ1) is 67.0. The van der Waals surface area contributed by atoms with E-state index >= 15 is 0 Å². The molecule has 0 radical (unpaired) electrons. The molecule has 3 atom stereocenters. The van der Waals surface area contributed by atoms with Crippen molar-refractivity contribution in [1.82, 2.24) is 5.32 Å². The fourth-order valence-corrected chi connectivity index (χ4v) is 8.98. The van der Waals surface area contributed by atoms with E-state index in [0.29, 0.717) is 17.4 Å². The number of amides is 1. The Bertz CT molecular complexity index is 1330. The average Bonchev–Trinajstić information content (AvgIpc) is 3.31. The summed E-state index contributed by atoms with van der Waals surface area (Å²) in [6.45, 7) is 6.73. The zero-order valence-electron chi connectivity index (χ0n) is 46.0. The maximum absolute atomic E-state index is 13.5.